The minimum Gasteiger partial charge on any atom is -0.338 e. The van der Waals surface area contributed by atoms with Gasteiger partial charge in [0.2, 0.25) is 5.91 Å². The van der Waals surface area contributed by atoms with Crippen LogP contribution >= 0.6 is 11.3 Å². The van der Waals surface area contributed by atoms with Crippen molar-refractivity contribution in [1.29, 1.82) is 0 Å². The van der Waals surface area contributed by atoms with Crippen molar-refractivity contribution in [1.82, 2.24) is 9.88 Å². The van der Waals surface area contributed by atoms with E-state index in [4.69, 9.17) is 4.98 Å². The van der Waals surface area contributed by atoms with E-state index in [9.17, 15) is 9.59 Å². The van der Waals surface area contributed by atoms with Crippen LogP contribution in [0.15, 0.2) is 47.9 Å². The molecule has 2 amide bonds. The zero-order valence-electron chi connectivity index (χ0n) is 20.9. The topological polar surface area (TPSA) is 62.3 Å². The number of anilines is 1. The van der Waals surface area contributed by atoms with Crippen LogP contribution in [0, 0.1) is 28.6 Å². The van der Waals surface area contributed by atoms with Crippen molar-refractivity contribution in [3.05, 3.63) is 59.1 Å². The SMILES string of the molecule is CN1C(=O)C=C[C@@]2(C)C1CC[C@@H]1[C@H]2CC[C@]2(C)C(c3csc(NC(=O)c4ccccc4)n3)CC[C@@H]12. The van der Waals surface area contributed by atoms with Gasteiger partial charge in [-0.2, -0.15) is 0 Å². The van der Waals surface area contributed by atoms with E-state index in [-0.39, 0.29) is 22.6 Å². The molecular formula is C29H35N3O2S. The van der Waals surface area contributed by atoms with E-state index >= 15 is 0 Å². The zero-order chi connectivity index (χ0) is 24.4. The minimum atomic E-state index is -0.100. The number of aromatic nitrogens is 1. The molecule has 0 radical (unpaired) electrons. The van der Waals surface area contributed by atoms with Crippen molar-refractivity contribution >= 4 is 28.3 Å². The predicted molar refractivity (Wildman–Crippen MR) is 139 cm³/mol. The molecule has 0 saturated heterocycles. The van der Waals surface area contributed by atoms with Crippen molar-refractivity contribution in [2.45, 2.75) is 64.3 Å². The van der Waals surface area contributed by atoms with Crippen LogP contribution in [0.2, 0.25) is 0 Å². The van der Waals surface area contributed by atoms with Gasteiger partial charge in [-0.25, -0.2) is 4.98 Å². The Hall–Kier alpha value is -2.47. The van der Waals surface area contributed by atoms with Crippen molar-refractivity contribution in [3.8, 4) is 0 Å². The number of hydrogen-bond donors (Lipinski definition) is 1. The lowest BCUT2D eigenvalue weighted by Gasteiger charge is -2.60. The largest absolute Gasteiger partial charge is 0.338 e. The Bertz CT molecular complexity index is 1180. The maximum atomic E-state index is 12.6. The van der Waals surface area contributed by atoms with E-state index in [1.807, 2.05) is 48.4 Å². The Labute approximate surface area is 212 Å². The van der Waals surface area contributed by atoms with E-state index in [1.54, 1.807) is 11.3 Å². The molecule has 3 fully saturated rings. The molecule has 6 rings (SSSR count). The van der Waals surface area contributed by atoms with Crippen LogP contribution in [0.1, 0.15) is 74.3 Å². The highest BCUT2D eigenvalue weighted by molar-refractivity contribution is 7.14. The average Bonchev–Trinajstić information content (AvgIpc) is 3.45. The first-order valence-electron chi connectivity index (χ1n) is 13.1. The molecule has 7 atom stereocenters. The van der Waals surface area contributed by atoms with Gasteiger partial charge in [0.1, 0.15) is 0 Å². The van der Waals surface area contributed by atoms with E-state index in [0.717, 1.165) is 12.1 Å². The lowest BCUT2D eigenvalue weighted by molar-refractivity contribution is -0.138. The number of likely N-dealkylation sites (N-methyl/N-ethyl adjacent to an activating group) is 1. The van der Waals surface area contributed by atoms with Gasteiger partial charge in [0, 0.05) is 35.4 Å². The first-order chi connectivity index (χ1) is 16.8. The fourth-order valence-corrected chi connectivity index (χ4v) is 9.25. The van der Waals surface area contributed by atoms with Crippen molar-refractivity contribution in [2.75, 3.05) is 12.4 Å². The fourth-order valence-electron chi connectivity index (χ4n) is 8.49. The number of nitrogens with zero attached hydrogens (tertiary/aromatic N) is 2. The van der Waals surface area contributed by atoms with Gasteiger partial charge in [-0.3, -0.25) is 14.9 Å². The molecule has 5 nitrogen and oxygen atoms in total. The summed E-state index contributed by atoms with van der Waals surface area (Å²) in [4.78, 5) is 31.9. The summed E-state index contributed by atoms with van der Waals surface area (Å²) in [5.74, 6) is 2.55. The third kappa shape index (κ3) is 3.51. The molecule has 0 spiro atoms. The summed E-state index contributed by atoms with van der Waals surface area (Å²) in [5.41, 5.74) is 2.15. The maximum Gasteiger partial charge on any atom is 0.257 e. The second-order valence-corrected chi connectivity index (χ2v) is 12.5. The normalized spacial score (nSPS) is 38.0. The molecule has 35 heavy (non-hydrogen) atoms. The summed E-state index contributed by atoms with van der Waals surface area (Å²) in [6.07, 6.45) is 11.3. The Balaban J connectivity index is 1.21. The number of thiazole rings is 1. The van der Waals surface area contributed by atoms with Gasteiger partial charge in [-0.1, -0.05) is 38.1 Å². The van der Waals surface area contributed by atoms with Crippen molar-refractivity contribution < 1.29 is 9.59 Å². The van der Waals surface area contributed by atoms with Crippen LogP contribution in [0.25, 0.3) is 0 Å². The van der Waals surface area contributed by atoms with Crippen LogP contribution in [-0.4, -0.2) is 34.8 Å². The predicted octanol–water partition coefficient (Wildman–Crippen LogP) is 6.12. The molecule has 1 aromatic heterocycles. The van der Waals surface area contributed by atoms with Crippen LogP contribution in [0.3, 0.4) is 0 Å². The first kappa shape index (κ1) is 23.0. The summed E-state index contributed by atoms with van der Waals surface area (Å²) < 4.78 is 0. The van der Waals surface area contributed by atoms with Gasteiger partial charge in [0.05, 0.1) is 5.69 Å². The first-order valence-corrected chi connectivity index (χ1v) is 14.0. The number of fused-ring (bicyclic) bond motifs is 5. The quantitative estimate of drug-likeness (QED) is 0.565. The van der Waals surface area contributed by atoms with Crippen LogP contribution in [-0.2, 0) is 4.79 Å². The number of amides is 2. The van der Waals surface area contributed by atoms with E-state index < -0.39 is 0 Å². The highest BCUT2D eigenvalue weighted by Gasteiger charge is 2.60. The van der Waals surface area contributed by atoms with Gasteiger partial charge in [-0.05, 0) is 79.9 Å². The number of benzene rings is 1. The molecule has 3 aliphatic carbocycles. The lowest BCUT2D eigenvalue weighted by atomic mass is 9.47. The Morgan fingerprint density at radius 1 is 1.09 bits per heavy atom. The Morgan fingerprint density at radius 2 is 1.89 bits per heavy atom. The second kappa shape index (κ2) is 8.29. The molecule has 4 aliphatic rings. The van der Waals surface area contributed by atoms with Crippen molar-refractivity contribution in [2.24, 2.45) is 28.6 Å². The van der Waals surface area contributed by atoms with Crippen molar-refractivity contribution in [3.63, 3.8) is 0 Å². The lowest BCUT2D eigenvalue weighted by Crippen LogP contribution is -2.59. The summed E-state index contributed by atoms with van der Waals surface area (Å²) in [6.45, 7) is 4.92. The van der Waals surface area contributed by atoms with Gasteiger partial charge in [0.25, 0.3) is 5.91 Å². The van der Waals surface area contributed by atoms with E-state index in [0.29, 0.717) is 40.4 Å². The molecule has 0 bridgehead atoms. The molecule has 6 heteroatoms. The average molecular weight is 490 g/mol. The molecule has 1 aliphatic heterocycles. The van der Waals surface area contributed by atoms with Crippen LogP contribution < -0.4 is 5.32 Å². The fraction of sp³-hybridized carbons (Fsp3) is 0.552. The number of hydrogen-bond acceptors (Lipinski definition) is 4. The van der Waals surface area contributed by atoms with Crippen LogP contribution in [0.5, 0.6) is 0 Å². The molecule has 1 aromatic carbocycles. The molecule has 2 unspecified atom stereocenters. The summed E-state index contributed by atoms with van der Waals surface area (Å²) in [6, 6.07) is 9.66. The van der Waals surface area contributed by atoms with Crippen LogP contribution in [0.4, 0.5) is 5.13 Å². The monoisotopic (exact) mass is 489 g/mol. The minimum absolute atomic E-state index is 0.0838. The Morgan fingerprint density at radius 3 is 2.69 bits per heavy atom. The molecule has 2 heterocycles. The molecule has 1 N–H and O–H groups in total. The van der Waals surface area contributed by atoms with Gasteiger partial charge >= 0.3 is 0 Å². The summed E-state index contributed by atoms with van der Waals surface area (Å²) >= 11 is 1.55. The van der Waals surface area contributed by atoms with E-state index in [2.05, 4.69) is 30.6 Å². The standard InChI is InChI=1S/C29H35N3O2S/c1-28-15-13-21-19(9-12-24-29(21,2)16-14-25(33)32(24)3)20(28)10-11-22(28)23-17-35-27(30-23)31-26(34)18-7-5-4-6-8-18/h4-8,14,16-17,19-22,24H,9-13,15H2,1-3H3,(H,30,31,34)/t19-,20-,21+,22?,24?,28-,29+/m0/s1. The highest BCUT2D eigenvalue weighted by atomic mass is 32.1. The highest BCUT2D eigenvalue weighted by Crippen LogP contribution is 2.67. The van der Waals surface area contributed by atoms with Gasteiger partial charge in [0.15, 0.2) is 5.13 Å². The van der Waals surface area contributed by atoms with Gasteiger partial charge in [-0.15, -0.1) is 11.3 Å². The molecular weight excluding hydrogens is 454 g/mol. The third-order valence-corrected chi connectivity index (χ3v) is 11.0. The number of carbonyl (C=O) groups is 2. The maximum absolute atomic E-state index is 12.6. The summed E-state index contributed by atoms with van der Waals surface area (Å²) in [7, 11) is 1.99. The second-order valence-electron chi connectivity index (χ2n) is 11.7. The number of carbonyl (C=O) groups excluding carboxylic acids is 2. The molecule has 184 valence electrons. The Kier molecular flexibility index (Phi) is 5.44. The zero-order valence-corrected chi connectivity index (χ0v) is 21.7. The molecule has 2 aromatic rings. The third-order valence-electron chi connectivity index (χ3n) is 10.3. The number of rotatable bonds is 3. The number of nitrogens with one attached hydrogen (secondary N) is 1. The smallest absolute Gasteiger partial charge is 0.257 e. The van der Waals surface area contributed by atoms with Gasteiger partial charge < -0.3 is 4.90 Å². The van der Waals surface area contributed by atoms with E-state index in [1.165, 1.54) is 32.1 Å². The molecule has 3 saturated carbocycles. The summed E-state index contributed by atoms with van der Waals surface area (Å²) in [5, 5.41) is 5.88.